The normalized spacial score (nSPS) is 13.5. The molecule has 0 aliphatic carbocycles. The summed E-state index contributed by atoms with van der Waals surface area (Å²) in [4.78, 5) is 40.3. The molecule has 0 aliphatic heterocycles. The van der Waals surface area contributed by atoms with Gasteiger partial charge in [-0.3, -0.25) is 14.2 Å². The molecule has 3 atom stereocenters. The highest BCUT2D eigenvalue weighted by molar-refractivity contribution is 7.45. The first-order valence-corrected chi connectivity index (χ1v) is 41.3. The second kappa shape index (κ2) is 70.0. The van der Waals surface area contributed by atoms with Gasteiger partial charge in [-0.1, -0.05) is 372 Å². The van der Waals surface area contributed by atoms with Gasteiger partial charge in [0.1, 0.15) is 19.3 Å². The smallest absolute Gasteiger partial charge is 0.306 e. The number of hydrogen-bond acceptors (Lipinski definition) is 7. The molecule has 1 N–H and O–H groups in total. The van der Waals surface area contributed by atoms with Crippen LogP contribution in [-0.4, -0.2) is 69.4 Å². The summed E-state index contributed by atoms with van der Waals surface area (Å²) in [7, 11) is 1.21. The highest BCUT2D eigenvalue weighted by Gasteiger charge is 2.27. The third kappa shape index (κ3) is 70.5. The highest BCUT2D eigenvalue weighted by Crippen LogP contribution is 2.38. The summed E-state index contributed by atoms with van der Waals surface area (Å²) in [5.74, 6) is -0.516. The summed E-state index contributed by atoms with van der Waals surface area (Å²) in [6.45, 7) is 6.90. The van der Waals surface area contributed by atoms with Crippen LogP contribution in [0.5, 0.6) is 0 Å². The molecule has 0 aromatic rings. The Bertz CT molecular complexity index is 1630. The van der Waals surface area contributed by atoms with Gasteiger partial charge in [0.05, 0.1) is 33.8 Å². The topological polar surface area (TPSA) is 114 Å². The summed E-state index contributed by atoms with van der Waals surface area (Å²) < 4.78 is 30.6. The lowest BCUT2D eigenvalue weighted by atomic mass is 10.0. The number of likely N-dealkylation sites (N-methyl/N-ethyl adjacent to an activating group) is 1. The Morgan fingerprint density at radius 3 is 1.02 bits per heavy atom. The zero-order chi connectivity index (χ0) is 65.6. The number of hydrogen-bond donors (Lipinski definition) is 1. The van der Waals surface area contributed by atoms with E-state index in [0.717, 1.165) is 64.2 Å². The molecule has 0 radical (unpaired) electrons. The van der Waals surface area contributed by atoms with Gasteiger partial charge >= 0.3 is 5.97 Å². The molecule has 0 aromatic carbocycles. The van der Waals surface area contributed by atoms with Crippen LogP contribution in [0.2, 0.25) is 0 Å². The van der Waals surface area contributed by atoms with Gasteiger partial charge in [0, 0.05) is 12.8 Å². The summed E-state index contributed by atoms with van der Waals surface area (Å²) >= 11 is 0. The predicted molar refractivity (Wildman–Crippen MR) is 390 cm³/mol. The Morgan fingerprint density at radius 2 is 0.678 bits per heavy atom. The zero-order valence-corrected chi connectivity index (χ0v) is 62.0. The Morgan fingerprint density at radius 1 is 0.389 bits per heavy atom. The number of allylic oxidation sites excluding steroid dienone is 5. The fourth-order valence-electron chi connectivity index (χ4n) is 12.2. The van der Waals surface area contributed by atoms with Crippen LogP contribution in [0.1, 0.15) is 412 Å². The molecule has 90 heavy (non-hydrogen) atoms. The van der Waals surface area contributed by atoms with Crippen LogP contribution in [0.3, 0.4) is 0 Å². The average Bonchev–Trinajstić information content (AvgIpc) is 3.11. The minimum atomic E-state index is -4.70. The zero-order valence-electron chi connectivity index (χ0n) is 61.1. The van der Waals surface area contributed by atoms with Gasteiger partial charge in [-0.25, -0.2) is 0 Å². The predicted octanol–water partition coefficient (Wildman–Crippen LogP) is 25.1. The summed E-state index contributed by atoms with van der Waals surface area (Å²) in [6, 6.07) is -0.886. The van der Waals surface area contributed by atoms with Crippen molar-refractivity contribution in [1.29, 1.82) is 0 Å². The highest BCUT2D eigenvalue weighted by atomic mass is 31.2. The molecule has 0 aliphatic rings. The molecule has 0 bridgehead atoms. The van der Waals surface area contributed by atoms with Crippen molar-refractivity contribution in [1.82, 2.24) is 5.32 Å². The first-order chi connectivity index (χ1) is 43.9. The average molecular weight is 1290 g/mol. The number of carbonyl (C=O) groups excluding carboxylic acids is 2. The van der Waals surface area contributed by atoms with Crippen molar-refractivity contribution in [3.63, 3.8) is 0 Å². The lowest BCUT2D eigenvalue weighted by Crippen LogP contribution is -2.47. The van der Waals surface area contributed by atoms with Gasteiger partial charge in [-0.15, -0.1) is 0 Å². The number of nitrogens with zero attached hydrogens (tertiary/aromatic N) is 1. The van der Waals surface area contributed by atoms with Crippen LogP contribution in [0.25, 0.3) is 0 Å². The van der Waals surface area contributed by atoms with E-state index in [0.29, 0.717) is 17.4 Å². The van der Waals surface area contributed by atoms with Crippen molar-refractivity contribution in [3.05, 3.63) is 36.5 Å². The minimum absolute atomic E-state index is 0.0187. The molecule has 3 unspecified atom stereocenters. The monoisotopic (exact) mass is 1290 g/mol. The van der Waals surface area contributed by atoms with E-state index in [-0.39, 0.29) is 31.5 Å². The Labute approximate surface area is 561 Å². The summed E-state index contributed by atoms with van der Waals surface area (Å²) in [5, 5.41) is 3.06. The van der Waals surface area contributed by atoms with E-state index in [1.54, 1.807) is 0 Å². The van der Waals surface area contributed by atoms with E-state index < -0.39 is 20.0 Å². The van der Waals surface area contributed by atoms with E-state index in [1.807, 2.05) is 33.3 Å². The van der Waals surface area contributed by atoms with Gasteiger partial charge in [-0.05, 0) is 63.9 Å². The maximum atomic E-state index is 13.6. The number of rotatable bonds is 74. The number of unbranched alkanes of at least 4 members (excludes halogenated alkanes) is 54. The summed E-state index contributed by atoms with van der Waals surface area (Å²) in [6.07, 6.45) is 88.7. The van der Waals surface area contributed by atoms with E-state index >= 15 is 0 Å². The van der Waals surface area contributed by atoms with E-state index in [4.69, 9.17) is 13.8 Å². The fraction of sp³-hybridized carbons (Fsp3) is 0.900. The van der Waals surface area contributed by atoms with Crippen molar-refractivity contribution in [2.24, 2.45) is 0 Å². The van der Waals surface area contributed by atoms with Crippen LogP contribution in [0, 0.1) is 0 Å². The molecule has 0 saturated heterocycles. The van der Waals surface area contributed by atoms with E-state index in [9.17, 15) is 19.0 Å². The number of phosphoric ester groups is 1. The molecule has 0 spiro atoms. The Balaban J connectivity index is 4.88. The van der Waals surface area contributed by atoms with Crippen molar-refractivity contribution in [3.8, 4) is 0 Å². The molecule has 532 valence electrons. The van der Waals surface area contributed by atoms with Crippen LogP contribution in [0.4, 0.5) is 0 Å². The van der Waals surface area contributed by atoms with Crippen molar-refractivity contribution in [2.75, 3.05) is 40.9 Å². The van der Waals surface area contributed by atoms with E-state index in [2.05, 4.69) is 50.4 Å². The van der Waals surface area contributed by atoms with Crippen LogP contribution in [0.15, 0.2) is 36.5 Å². The lowest BCUT2D eigenvalue weighted by molar-refractivity contribution is -0.870. The lowest BCUT2D eigenvalue weighted by Gasteiger charge is -2.30. The third-order valence-corrected chi connectivity index (χ3v) is 19.3. The molecular formula is C80H155N2O7P. The Kier molecular flexibility index (Phi) is 68.7. The van der Waals surface area contributed by atoms with Crippen molar-refractivity contribution >= 4 is 19.7 Å². The molecule has 9 nitrogen and oxygen atoms in total. The van der Waals surface area contributed by atoms with E-state index in [1.165, 1.54) is 315 Å². The van der Waals surface area contributed by atoms with Crippen molar-refractivity contribution in [2.45, 2.75) is 425 Å². The van der Waals surface area contributed by atoms with Crippen molar-refractivity contribution < 1.29 is 37.3 Å². The number of esters is 1. The molecule has 0 rings (SSSR count). The first-order valence-electron chi connectivity index (χ1n) is 39.8. The molecule has 0 fully saturated rings. The number of carbonyl (C=O) groups is 2. The number of quaternary nitrogens is 1. The van der Waals surface area contributed by atoms with Gasteiger partial charge in [0.25, 0.3) is 7.82 Å². The first kappa shape index (κ1) is 88.2. The molecule has 0 saturated carbocycles. The second-order valence-corrected chi connectivity index (χ2v) is 30.0. The SMILES string of the molecule is CCCCC/C=C\C/C=C\CCCCCCCCCCCCCCCCCC(=O)NC(COP(=O)([O-])OCC[N+](C)(C)C)C(/C=C/CCCCCCCCCCCC)OC(=O)CCCCCCCCCCCCCCCCCCCCCCCCCCCCC. The van der Waals surface area contributed by atoms with Gasteiger partial charge in [-0.2, -0.15) is 0 Å². The quantitative estimate of drug-likeness (QED) is 0.0212. The van der Waals surface area contributed by atoms with Gasteiger partial charge in [0.15, 0.2) is 0 Å². The Hall–Kier alpha value is -1.77. The largest absolute Gasteiger partial charge is 0.756 e. The number of nitrogens with one attached hydrogen (secondary N) is 1. The fourth-order valence-corrected chi connectivity index (χ4v) is 12.9. The molecule has 10 heteroatoms. The number of ether oxygens (including phenoxy) is 1. The molecule has 0 heterocycles. The number of amides is 1. The standard InChI is InChI=1S/C80H155N2O7P/c1-7-10-13-16-19-22-25-28-30-32-34-36-38-40-41-43-45-47-49-51-53-55-58-61-64-67-70-73-80(84)89-78(71-68-65-62-59-56-27-24-21-18-15-12-9-3)77(76-88-90(85,86)87-75-74-82(4,5)6)81-79(83)72-69-66-63-60-57-54-52-50-48-46-44-42-39-37-35-33-31-29-26-23-20-17-14-11-8-2/h20,23,29,31,68,71,77-78H,7-19,21-22,24-28,30,32-67,69-70,72-76H2,1-6H3,(H-,81,83,85,86)/b23-20-,31-29-,71-68+. The summed E-state index contributed by atoms with van der Waals surface area (Å²) in [5.41, 5.74) is 0. The van der Waals surface area contributed by atoms with Crippen LogP contribution >= 0.6 is 7.82 Å². The van der Waals surface area contributed by atoms with Crippen LogP contribution < -0.4 is 10.2 Å². The maximum Gasteiger partial charge on any atom is 0.306 e. The molecule has 1 amide bonds. The molecular weight excluding hydrogens is 1130 g/mol. The third-order valence-electron chi connectivity index (χ3n) is 18.3. The van der Waals surface area contributed by atoms with Gasteiger partial charge in [0.2, 0.25) is 5.91 Å². The van der Waals surface area contributed by atoms with Crippen LogP contribution in [-0.2, 0) is 27.9 Å². The second-order valence-electron chi connectivity index (χ2n) is 28.6. The number of phosphoric acid groups is 1. The molecule has 0 aromatic heterocycles. The van der Waals surface area contributed by atoms with Gasteiger partial charge < -0.3 is 28.5 Å². The maximum absolute atomic E-state index is 13.6. The minimum Gasteiger partial charge on any atom is -0.756 e.